The molecule has 1 N–H and O–H groups in total. The number of β-amino-alcohol motifs (C(OH)–C–C–N with tert-alkyl or cyclic N) is 1. The predicted octanol–water partition coefficient (Wildman–Crippen LogP) is 2.33. The van der Waals surface area contributed by atoms with Crippen molar-refractivity contribution in [2.45, 2.75) is 26.4 Å². The van der Waals surface area contributed by atoms with Gasteiger partial charge in [0.05, 0.1) is 12.7 Å². The predicted molar refractivity (Wildman–Crippen MR) is 83.0 cm³/mol. The number of hydrogen-bond donors (Lipinski definition) is 1. The molecule has 21 heavy (non-hydrogen) atoms. The molecule has 1 aromatic rings. The summed E-state index contributed by atoms with van der Waals surface area (Å²) in [6, 6.07) is 7.61. The second-order valence-corrected chi connectivity index (χ2v) is 5.45. The number of amides is 1. The lowest BCUT2D eigenvalue weighted by atomic mass is 9.96. The third-order valence-corrected chi connectivity index (χ3v) is 3.84. The second kappa shape index (κ2) is 7.27. The molecule has 1 amide bonds. The van der Waals surface area contributed by atoms with E-state index in [1.165, 1.54) is 0 Å². The van der Waals surface area contributed by atoms with Crippen molar-refractivity contribution in [1.29, 1.82) is 0 Å². The van der Waals surface area contributed by atoms with Crippen molar-refractivity contribution >= 4 is 12.0 Å². The second-order valence-electron chi connectivity index (χ2n) is 5.45. The van der Waals surface area contributed by atoms with Gasteiger partial charge in [0, 0.05) is 19.2 Å². The first-order chi connectivity index (χ1) is 10.1. The minimum atomic E-state index is -0.415. The maximum absolute atomic E-state index is 12.1. The summed E-state index contributed by atoms with van der Waals surface area (Å²) in [5.74, 6) is 1.05. The van der Waals surface area contributed by atoms with Crippen molar-refractivity contribution in [1.82, 2.24) is 4.90 Å². The molecule has 1 fully saturated rings. The molecule has 0 aliphatic carbocycles. The summed E-state index contributed by atoms with van der Waals surface area (Å²) in [6.07, 6.45) is 3.80. The van der Waals surface area contributed by atoms with Crippen molar-refractivity contribution < 1.29 is 14.6 Å². The number of aliphatic hydroxyl groups is 1. The van der Waals surface area contributed by atoms with E-state index in [0.717, 1.165) is 17.7 Å². The van der Waals surface area contributed by atoms with E-state index in [0.29, 0.717) is 19.7 Å². The molecule has 4 nitrogen and oxygen atoms in total. The molecule has 2 unspecified atom stereocenters. The molecule has 114 valence electrons. The number of aliphatic hydroxyl groups excluding tert-OH is 1. The fourth-order valence-electron chi connectivity index (χ4n) is 2.36. The minimum Gasteiger partial charge on any atom is -0.494 e. The third-order valence-electron chi connectivity index (χ3n) is 3.84. The van der Waals surface area contributed by atoms with Gasteiger partial charge in [-0.3, -0.25) is 4.79 Å². The van der Waals surface area contributed by atoms with Gasteiger partial charge in [0.25, 0.3) is 0 Å². The maximum Gasteiger partial charge on any atom is 0.246 e. The van der Waals surface area contributed by atoms with Gasteiger partial charge in [-0.05, 0) is 43.0 Å². The van der Waals surface area contributed by atoms with Crippen LogP contribution in [0.15, 0.2) is 30.3 Å². The molecule has 2 atom stereocenters. The number of hydrogen-bond acceptors (Lipinski definition) is 3. The van der Waals surface area contributed by atoms with Crippen LogP contribution in [-0.2, 0) is 4.79 Å². The largest absolute Gasteiger partial charge is 0.494 e. The zero-order chi connectivity index (χ0) is 15.2. The van der Waals surface area contributed by atoms with Crippen LogP contribution in [0.1, 0.15) is 25.8 Å². The van der Waals surface area contributed by atoms with Gasteiger partial charge < -0.3 is 14.7 Å². The summed E-state index contributed by atoms with van der Waals surface area (Å²) in [6.45, 7) is 5.74. The first kappa shape index (κ1) is 15.6. The topological polar surface area (TPSA) is 49.8 Å². The van der Waals surface area contributed by atoms with Gasteiger partial charge in [-0.1, -0.05) is 19.1 Å². The minimum absolute atomic E-state index is 0.0464. The van der Waals surface area contributed by atoms with Crippen LogP contribution >= 0.6 is 0 Å². The molecule has 0 radical (unpaired) electrons. The summed E-state index contributed by atoms with van der Waals surface area (Å²) in [4.78, 5) is 13.8. The van der Waals surface area contributed by atoms with Crippen molar-refractivity contribution in [2.75, 3.05) is 19.7 Å². The molecule has 1 heterocycles. The Morgan fingerprint density at radius 3 is 2.76 bits per heavy atom. The molecule has 0 aromatic heterocycles. The fourth-order valence-corrected chi connectivity index (χ4v) is 2.36. The number of ether oxygens (including phenoxy) is 1. The molecule has 4 heteroatoms. The van der Waals surface area contributed by atoms with Gasteiger partial charge in [-0.25, -0.2) is 0 Å². The Kier molecular flexibility index (Phi) is 5.39. The van der Waals surface area contributed by atoms with E-state index in [-0.39, 0.29) is 11.8 Å². The number of rotatable bonds is 4. The van der Waals surface area contributed by atoms with Crippen molar-refractivity contribution in [2.24, 2.45) is 5.92 Å². The number of carbonyl (C=O) groups is 1. The maximum atomic E-state index is 12.1. The van der Waals surface area contributed by atoms with Crippen LogP contribution < -0.4 is 4.74 Å². The first-order valence-electron chi connectivity index (χ1n) is 7.48. The van der Waals surface area contributed by atoms with E-state index in [1.54, 1.807) is 17.1 Å². The SMILES string of the molecule is CCOc1ccc(/C=C/C(=O)N2CCC(C)C(O)C2)cc1. The normalized spacial score (nSPS) is 22.5. The van der Waals surface area contributed by atoms with Gasteiger partial charge in [-0.15, -0.1) is 0 Å². The lowest BCUT2D eigenvalue weighted by Crippen LogP contribution is -2.45. The van der Waals surface area contributed by atoms with E-state index in [1.807, 2.05) is 38.1 Å². The molecule has 0 spiro atoms. The van der Waals surface area contributed by atoms with E-state index < -0.39 is 6.10 Å². The number of carbonyl (C=O) groups excluding carboxylic acids is 1. The standard InChI is InChI=1S/C17H23NO3/c1-3-21-15-7-4-14(5-8-15)6-9-17(20)18-11-10-13(2)16(19)12-18/h4-9,13,16,19H,3,10-12H2,1-2H3/b9-6+. The van der Waals surface area contributed by atoms with Gasteiger partial charge in [-0.2, -0.15) is 0 Å². The summed E-state index contributed by atoms with van der Waals surface area (Å²) in [7, 11) is 0. The highest BCUT2D eigenvalue weighted by atomic mass is 16.5. The Morgan fingerprint density at radius 2 is 2.14 bits per heavy atom. The van der Waals surface area contributed by atoms with Crippen LogP contribution in [-0.4, -0.2) is 41.7 Å². The molecular formula is C17H23NO3. The molecule has 1 aliphatic heterocycles. The molecule has 2 rings (SSSR count). The first-order valence-corrected chi connectivity index (χ1v) is 7.48. The number of likely N-dealkylation sites (tertiary alicyclic amines) is 1. The van der Waals surface area contributed by atoms with Crippen LogP contribution in [0.3, 0.4) is 0 Å². The number of nitrogens with zero attached hydrogens (tertiary/aromatic N) is 1. The third kappa shape index (κ3) is 4.33. The van der Waals surface area contributed by atoms with Crippen molar-refractivity contribution in [3.63, 3.8) is 0 Å². The van der Waals surface area contributed by atoms with E-state index in [4.69, 9.17) is 4.74 Å². The summed E-state index contributed by atoms with van der Waals surface area (Å²) < 4.78 is 5.38. The highest BCUT2D eigenvalue weighted by Crippen LogP contribution is 2.18. The molecular weight excluding hydrogens is 266 g/mol. The molecule has 1 aromatic carbocycles. The van der Waals surface area contributed by atoms with Crippen LogP contribution in [0.2, 0.25) is 0 Å². The monoisotopic (exact) mass is 289 g/mol. The fraction of sp³-hybridized carbons (Fsp3) is 0.471. The van der Waals surface area contributed by atoms with Crippen molar-refractivity contribution in [3.8, 4) is 5.75 Å². The van der Waals surface area contributed by atoms with Crippen LogP contribution in [0.4, 0.5) is 0 Å². The summed E-state index contributed by atoms with van der Waals surface area (Å²) >= 11 is 0. The van der Waals surface area contributed by atoms with E-state index >= 15 is 0 Å². The lowest BCUT2D eigenvalue weighted by molar-refractivity contribution is -0.130. The van der Waals surface area contributed by atoms with Gasteiger partial charge >= 0.3 is 0 Å². The Morgan fingerprint density at radius 1 is 1.43 bits per heavy atom. The zero-order valence-electron chi connectivity index (χ0n) is 12.7. The molecule has 0 bridgehead atoms. The Bertz CT molecular complexity index is 495. The zero-order valence-corrected chi connectivity index (χ0v) is 12.7. The van der Waals surface area contributed by atoms with E-state index in [9.17, 15) is 9.90 Å². The number of piperidine rings is 1. The van der Waals surface area contributed by atoms with Crippen LogP contribution in [0.5, 0.6) is 5.75 Å². The van der Waals surface area contributed by atoms with Gasteiger partial charge in [0.1, 0.15) is 5.75 Å². The average molecular weight is 289 g/mol. The van der Waals surface area contributed by atoms with Crippen LogP contribution in [0, 0.1) is 5.92 Å². The Hall–Kier alpha value is -1.81. The quantitative estimate of drug-likeness (QED) is 0.866. The van der Waals surface area contributed by atoms with Gasteiger partial charge in [0.15, 0.2) is 0 Å². The highest BCUT2D eigenvalue weighted by Gasteiger charge is 2.25. The molecule has 0 saturated carbocycles. The van der Waals surface area contributed by atoms with Crippen LogP contribution in [0.25, 0.3) is 6.08 Å². The molecule has 1 aliphatic rings. The highest BCUT2D eigenvalue weighted by molar-refractivity contribution is 5.91. The smallest absolute Gasteiger partial charge is 0.246 e. The molecule has 1 saturated heterocycles. The Labute approximate surface area is 126 Å². The lowest BCUT2D eigenvalue weighted by Gasteiger charge is -2.33. The average Bonchev–Trinajstić information content (AvgIpc) is 2.49. The van der Waals surface area contributed by atoms with Crippen molar-refractivity contribution in [3.05, 3.63) is 35.9 Å². The van der Waals surface area contributed by atoms with E-state index in [2.05, 4.69) is 0 Å². The summed E-state index contributed by atoms with van der Waals surface area (Å²) in [5.41, 5.74) is 0.956. The van der Waals surface area contributed by atoms with Gasteiger partial charge in [0.2, 0.25) is 5.91 Å². The Balaban J connectivity index is 1.92. The number of benzene rings is 1. The summed E-state index contributed by atoms with van der Waals surface area (Å²) in [5, 5.41) is 9.83.